The monoisotopic (exact) mass is 431 g/mol. The second kappa shape index (κ2) is 9.34. The second-order valence-corrected chi connectivity index (χ2v) is 8.63. The largest absolute Gasteiger partial charge is 0.450 e. The number of halogens is 3. The first-order chi connectivity index (χ1) is 13.2. The van der Waals surface area contributed by atoms with Crippen LogP contribution in [0.4, 0.5) is 13.6 Å². The van der Waals surface area contributed by atoms with Gasteiger partial charge in [-0.1, -0.05) is 11.6 Å². The van der Waals surface area contributed by atoms with Gasteiger partial charge in [-0.2, -0.15) is 0 Å². The van der Waals surface area contributed by atoms with Gasteiger partial charge >= 0.3 is 6.09 Å². The maximum absolute atomic E-state index is 14.4. The van der Waals surface area contributed by atoms with E-state index < -0.39 is 32.8 Å². The van der Waals surface area contributed by atoms with E-state index in [4.69, 9.17) is 16.3 Å². The minimum atomic E-state index is -4.09. The van der Waals surface area contributed by atoms with Crippen molar-refractivity contribution in [1.82, 2.24) is 4.90 Å². The fourth-order valence-corrected chi connectivity index (χ4v) is 4.56. The number of nitrogens with zero attached hydrogens (tertiary/aromatic N) is 1. The number of rotatable bonds is 7. The standard InChI is InChI=1S/C19H20ClF2NO4S/c1-3-27-19(24)23(2)11-10-18(16-12-14(21)6-9-17(16)22)28(25,26)15-7-4-13(20)5-8-15/h4-9,12,18H,3,10-11H2,1-2H3. The van der Waals surface area contributed by atoms with Crippen LogP contribution in [0.3, 0.4) is 0 Å². The maximum atomic E-state index is 14.4. The third kappa shape index (κ3) is 5.20. The average Bonchev–Trinajstić information content (AvgIpc) is 2.64. The summed E-state index contributed by atoms with van der Waals surface area (Å²) >= 11 is 5.81. The van der Waals surface area contributed by atoms with Crippen LogP contribution in [0.1, 0.15) is 24.2 Å². The van der Waals surface area contributed by atoms with Gasteiger partial charge in [-0.25, -0.2) is 22.0 Å². The highest BCUT2D eigenvalue weighted by molar-refractivity contribution is 7.91. The first-order valence-electron chi connectivity index (χ1n) is 8.49. The van der Waals surface area contributed by atoms with E-state index in [2.05, 4.69) is 0 Å². The van der Waals surface area contributed by atoms with E-state index in [1.165, 1.54) is 36.2 Å². The van der Waals surface area contributed by atoms with Gasteiger partial charge in [-0.05, 0) is 55.8 Å². The van der Waals surface area contributed by atoms with Crippen molar-refractivity contribution in [2.45, 2.75) is 23.5 Å². The van der Waals surface area contributed by atoms with Crippen molar-refractivity contribution in [3.63, 3.8) is 0 Å². The van der Waals surface area contributed by atoms with Crippen molar-refractivity contribution < 1.29 is 26.7 Å². The van der Waals surface area contributed by atoms with E-state index in [0.717, 1.165) is 18.2 Å². The Labute approximate surface area is 167 Å². The van der Waals surface area contributed by atoms with Crippen LogP contribution < -0.4 is 0 Å². The molecule has 0 bridgehead atoms. The van der Waals surface area contributed by atoms with E-state index in [-0.39, 0.29) is 30.0 Å². The molecule has 2 aromatic rings. The molecule has 152 valence electrons. The van der Waals surface area contributed by atoms with Crippen molar-refractivity contribution in [3.05, 3.63) is 64.7 Å². The van der Waals surface area contributed by atoms with Crippen molar-refractivity contribution >= 4 is 27.5 Å². The molecule has 2 rings (SSSR count). The smallest absolute Gasteiger partial charge is 0.409 e. The molecule has 0 saturated carbocycles. The van der Waals surface area contributed by atoms with Crippen LogP contribution in [0.25, 0.3) is 0 Å². The van der Waals surface area contributed by atoms with Gasteiger partial charge in [0.2, 0.25) is 0 Å². The van der Waals surface area contributed by atoms with Crippen LogP contribution in [-0.4, -0.2) is 39.6 Å². The normalized spacial score (nSPS) is 12.5. The Kier molecular flexibility index (Phi) is 7.37. The molecule has 0 saturated heterocycles. The molecule has 9 heteroatoms. The summed E-state index contributed by atoms with van der Waals surface area (Å²) in [7, 11) is -2.65. The van der Waals surface area contributed by atoms with Crippen LogP contribution >= 0.6 is 11.6 Å². The van der Waals surface area contributed by atoms with E-state index in [1.54, 1.807) is 6.92 Å². The van der Waals surface area contributed by atoms with Gasteiger partial charge in [0.1, 0.15) is 11.6 Å². The molecule has 1 amide bonds. The van der Waals surface area contributed by atoms with Crippen molar-refractivity contribution in [2.75, 3.05) is 20.2 Å². The predicted molar refractivity (Wildman–Crippen MR) is 102 cm³/mol. The molecule has 0 spiro atoms. The Morgan fingerprint density at radius 1 is 1.18 bits per heavy atom. The molecule has 0 aliphatic carbocycles. The summed E-state index contributed by atoms with van der Waals surface area (Å²) in [6.07, 6.45) is -0.787. The first kappa shape index (κ1) is 22.1. The van der Waals surface area contributed by atoms with E-state index in [0.29, 0.717) is 5.02 Å². The molecule has 1 unspecified atom stereocenters. The van der Waals surface area contributed by atoms with Crippen molar-refractivity contribution in [1.29, 1.82) is 0 Å². The van der Waals surface area contributed by atoms with Crippen LogP contribution in [0.5, 0.6) is 0 Å². The van der Waals surface area contributed by atoms with Gasteiger partial charge in [0.25, 0.3) is 0 Å². The minimum Gasteiger partial charge on any atom is -0.450 e. The lowest BCUT2D eigenvalue weighted by Crippen LogP contribution is -2.30. The minimum absolute atomic E-state index is 0.0354. The van der Waals surface area contributed by atoms with E-state index in [1.807, 2.05) is 0 Å². The van der Waals surface area contributed by atoms with Crippen LogP contribution in [0.2, 0.25) is 5.02 Å². The number of sulfone groups is 1. The number of benzene rings is 2. The maximum Gasteiger partial charge on any atom is 0.409 e. The summed E-state index contributed by atoms with van der Waals surface area (Å²) in [5.74, 6) is -1.60. The number of hydrogen-bond acceptors (Lipinski definition) is 4. The molecule has 0 heterocycles. The molecule has 1 atom stereocenters. The Hall–Kier alpha value is -2.19. The highest BCUT2D eigenvalue weighted by Crippen LogP contribution is 2.34. The Morgan fingerprint density at radius 2 is 1.82 bits per heavy atom. The fourth-order valence-electron chi connectivity index (χ4n) is 2.66. The lowest BCUT2D eigenvalue weighted by Gasteiger charge is -2.22. The molecular weight excluding hydrogens is 412 g/mol. The lowest BCUT2D eigenvalue weighted by molar-refractivity contribution is 0.115. The van der Waals surface area contributed by atoms with Crippen LogP contribution in [0.15, 0.2) is 47.4 Å². The average molecular weight is 432 g/mol. The second-order valence-electron chi connectivity index (χ2n) is 6.06. The third-order valence-corrected chi connectivity index (χ3v) is 6.55. The Balaban J connectivity index is 2.42. The van der Waals surface area contributed by atoms with E-state index in [9.17, 15) is 22.0 Å². The van der Waals surface area contributed by atoms with Crippen molar-refractivity contribution in [2.24, 2.45) is 0 Å². The summed E-state index contributed by atoms with van der Waals surface area (Å²) in [5, 5.41) is -1.06. The van der Waals surface area contributed by atoms with Crippen LogP contribution in [-0.2, 0) is 14.6 Å². The van der Waals surface area contributed by atoms with Gasteiger partial charge in [-0.3, -0.25) is 0 Å². The fraction of sp³-hybridized carbons (Fsp3) is 0.316. The molecule has 0 radical (unpaired) electrons. The molecule has 0 aliphatic rings. The highest BCUT2D eigenvalue weighted by Gasteiger charge is 2.32. The predicted octanol–water partition coefficient (Wildman–Crippen LogP) is 4.61. The zero-order valence-electron chi connectivity index (χ0n) is 15.4. The van der Waals surface area contributed by atoms with E-state index >= 15 is 0 Å². The van der Waals surface area contributed by atoms with Gasteiger partial charge in [-0.15, -0.1) is 0 Å². The number of carbonyl (C=O) groups is 1. The molecule has 0 aliphatic heterocycles. The summed E-state index contributed by atoms with van der Waals surface area (Å²) < 4.78 is 59.2. The van der Waals surface area contributed by atoms with Crippen molar-refractivity contribution in [3.8, 4) is 0 Å². The third-order valence-electron chi connectivity index (χ3n) is 4.13. The topological polar surface area (TPSA) is 63.7 Å². The number of amides is 1. The zero-order valence-corrected chi connectivity index (χ0v) is 16.9. The molecule has 28 heavy (non-hydrogen) atoms. The van der Waals surface area contributed by atoms with Gasteiger partial charge < -0.3 is 9.64 Å². The molecule has 0 aromatic heterocycles. The van der Waals surface area contributed by atoms with Gasteiger partial charge in [0, 0.05) is 24.2 Å². The quantitative estimate of drug-likeness (QED) is 0.642. The zero-order chi connectivity index (χ0) is 20.9. The SMILES string of the molecule is CCOC(=O)N(C)CCC(c1cc(F)ccc1F)S(=O)(=O)c1ccc(Cl)cc1. The Morgan fingerprint density at radius 3 is 2.43 bits per heavy atom. The molecule has 0 fully saturated rings. The lowest BCUT2D eigenvalue weighted by atomic mass is 10.1. The van der Waals surface area contributed by atoms with Gasteiger partial charge in [0.15, 0.2) is 9.84 Å². The van der Waals surface area contributed by atoms with Gasteiger partial charge in [0.05, 0.1) is 16.8 Å². The molecule has 0 N–H and O–H groups in total. The molecule has 5 nitrogen and oxygen atoms in total. The Bertz CT molecular complexity index is 935. The summed E-state index contributed by atoms with van der Waals surface area (Å²) in [6, 6.07) is 8.06. The number of carbonyl (C=O) groups excluding carboxylic acids is 1. The molecule has 2 aromatic carbocycles. The first-order valence-corrected chi connectivity index (χ1v) is 10.4. The summed E-state index contributed by atoms with van der Waals surface area (Å²) in [6.45, 7) is 1.77. The molecular formula is C19H20ClF2NO4S. The number of ether oxygens (including phenoxy) is 1. The number of hydrogen-bond donors (Lipinski definition) is 0. The summed E-state index contributed by atoms with van der Waals surface area (Å²) in [5.41, 5.74) is -0.299. The highest BCUT2D eigenvalue weighted by atomic mass is 35.5. The summed E-state index contributed by atoms with van der Waals surface area (Å²) in [4.78, 5) is 12.9. The van der Waals surface area contributed by atoms with Crippen LogP contribution in [0, 0.1) is 11.6 Å².